The van der Waals surface area contributed by atoms with Gasteiger partial charge < -0.3 is 4.74 Å². The lowest BCUT2D eigenvalue weighted by molar-refractivity contribution is -0.145. The second-order valence-electron chi connectivity index (χ2n) is 4.80. The monoisotopic (exact) mass is 325 g/mol. The van der Waals surface area contributed by atoms with Crippen molar-refractivity contribution in [2.24, 2.45) is 0 Å². The molecule has 0 bridgehead atoms. The minimum atomic E-state index is -4.50. The van der Waals surface area contributed by atoms with E-state index in [9.17, 15) is 26.3 Å². The van der Waals surface area contributed by atoms with Crippen LogP contribution in [0.5, 0.6) is 0 Å². The molecule has 0 amide bonds. The van der Waals surface area contributed by atoms with Gasteiger partial charge in [0.05, 0.1) is 11.6 Å². The first-order valence-electron chi connectivity index (χ1n) is 6.21. The van der Waals surface area contributed by atoms with Crippen LogP contribution in [0.15, 0.2) is 24.3 Å². The summed E-state index contributed by atoms with van der Waals surface area (Å²) in [6.45, 7) is 0. The number of nitrogens with zero attached hydrogens (tertiary/aromatic N) is 1. The summed E-state index contributed by atoms with van der Waals surface area (Å²) >= 11 is 0. The summed E-state index contributed by atoms with van der Waals surface area (Å²) in [7, 11) is 1.10. The van der Waals surface area contributed by atoms with Gasteiger partial charge in [0.2, 0.25) is 0 Å². The van der Waals surface area contributed by atoms with Gasteiger partial charge in [-0.05, 0) is 24.1 Å². The van der Waals surface area contributed by atoms with Crippen LogP contribution in [0.2, 0.25) is 0 Å². The Bertz CT molecular complexity index is 528. The van der Waals surface area contributed by atoms with Crippen molar-refractivity contribution in [2.75, 3.05) is 7.11 Å². The summed E-state index contributed by atoms with van der Waals surface area (Å²) < 4.78 is 79.1. The summed E-state index contributed by atoms with van der Waals surface area (Å²) in [6.07, 6.45) is -11.0. The zero-order valence-electron chi connectivity index (χ0n) is 11.6. The van der Waals surface area contributed by atoms with E-state index in [1.165, 1.54) is 0 Å². The van der Waals surface area contributed by atoms with E-state index in [0.29, 0.717) is 5.56 Å². The summed E-state index contributed by atoms with van der Waals surface area (Å²) in [6, 6.07) is 5.57. The third-order valence-electron chi connectivity index (χ3n) is 3.18. The maximum atomic E-state index is 12.4. The summed E-state index contributed by atoms with van der Waals surface area (Å²) in [5.74, 6) is 0. The van der Waals surface area contributed by atoms with Crippen LogP contribution in [0.1, 0.15) is 24.0 Å². The third-order valence-corrected chi connectivity index (χ3v) is 3.18. The molecule has 1 aromatic rings. The minimum absolute atomic E-state index is 0.228. The quantitative estimate of drug-likeness (QED) is 0.747. The zero-order chi connectivity index (χ0) is 17.0. The van der Waals surface area contributed by atoms with Crippen LogP contribution in [0.3, 0.4) is 0 Å². The average Bonchev–Trinajstić information content (AvgIpc) is 2.42. The van der Waals surface area contributed by atoms with E-state index < -0.39 is 36.4 Å². The number of nitriles is 1. The van der Waals surface area contributed by atoms with Crippen LogP contribution < -0.4 is 0 Å². The highest BCUT2D eigenvalue weighted by Crippen LogP contribution is 2.32. The molecule has 0 radical (unpaired) electrons. The van der Waals surface area contributed by atoms with E-state index in [1.54, 1.807) is 6.07 Å². The molecule has 0 fully saturated rings. The van der Waals surface area contributed by atoms with Gasteiger partial charge in [0.15, 0.2) is 5.60 Å². The number of rotatable bonds is 5. The van der Waals surface area contributed by atoms with Gasteiger partial charge >= 0.3 is 12.4 Å². The Morgan fingerprint density at radius 2 is 1.55 bits per heavy atom. The molecule has 22 heavy (non-hydrogen) atoms. The second kappa shape index (κ2) is 6.57. The molecule has 8 heteroatoms. The first-order valence-corrected chi connectivity index (χ1v) is 6.21. The standard InChI is InChI=1S/C14H13F6NO/c1-22-12(9-21,6-7-13(15,16)17)8-10-2-4-11(5-3-10)14(18,19)20/h2-5H,6-8H2,1H3. The number of alkyl halides is 6. The molecule has 0 N–H and O–H groups in total. The highest BCUT2D eigenvalue weighted by atomic mass is 19.4. The van der Waals surface area contributed by atoms with Crippen molar-refractivity contribution in [2.45, 2.75) is 37.2 Å². The van der Waals surface area contributed by atoms with Crippen molar-refractivity contribution >= 4 is 0 Å². The van der Waals surface area contributed by atoms with Crippen molar-refractivity contribution in [3.8, 4) is 6.07 Å². The SMILES string of the molecule is COC(C#N)(CCC(F)(F)F)Cc1ccc(C(F)(F)F)cc1. The molecule has 2 nitrogen and oxygen atoms in total. The largest absolute Gasteiger partial charge is 0.416 e. The highest BCUT2D eigenvalue weighted by molar-refractivity contribution is 5.27. The predicted octanol–water partition coefficient (Wildman–Crippen LogP) is 4.50. The Kier molecular flexibility index (Phi) is 5.46. The lowest BCUT2D eigenvalue weighted by Crippen LogP contribution is -2.34. The van der Waals surface area contributed by atoms with Crippen LogP contribution >= 0.6 is 0 Å². The number of hydrogen-bond donors (Lipinski definition) is 0. The molecule has 1 unspecified atom stereocenters. The van der Waals surface area contributed by atoms with E-state index in [2.05, 4.69) is 0 Å². The van der Waals surface area contributed by atoms with E-state index in [0.717, 1.165) is 31.4 Å². The maximum absolute atomic E-state index is 12.4. The lowest BCUT2D eigenvalue weighted by Gasteiger charge is -2.25. The van der Waals surface area contributed by atoms with Crippen molar-refractivity contribution in [3.05, 3.63) is 35.4 Å². The van der Waals surface area contributed by atoms with Gasteiger partial charge in [0.1, 0.15) is 0 Å². The van der Waals surface area contributed by atoms with Crippen molar-refractivity contribution < 1.29 is 31.1 Å². The lowest BCUT2D eigenvalue weighted by atomic mass is 9.90. The van der Waals surface area contributed by atoms with E-state index >= 15 is 0 Å². The molecule has 0 saturated carbocycles. The van der Waals surface area contributed by atoms with E-state index in [1.807, 2.05) is 0 Å². The van der Waals surface area contributed by atoms with Crippen LogP contribution in [-0.2, 0) is 17.3 Å². The molecule has 0 spiro atoms. The number of hydrogen-bond acceptors (Lipinski definition) is 2. The molecule has 1 rings (SSSR count). The number of benzene rings is 1. The Morgan fingerprint density at radius 3 is 1.91 bits per heavy atom. The van der Waals surface area contributed by atoms with Gasteiger partial charge in [0, 0.05) is 20.0 Å². The number of methoxy groups -OCH3 is 1. The summed E-state index contributed by atoms with van der Waals surface area (Å²) in [5, 5.41) is 9.10. The van der Waals surface area contributed by atoms with Crippen LogP contribution in [0.4, 0.5) is 26.3 Å². The summed E-state index contributed by atoms with van der Waals surface area (Å²) in [5.41, 5.74) is -2.31. The number of halogens is 6. The molecule has 0 aliphatic carbocycles. The van der Waals surface area contributed by atoms with Gasteiger partial charge in [-0.15, -0.1) is 0 Å². The second-order valence-corrected chi connectivity index (χ2v) is 4.80. The molecule has 1 aromatic carbocycles. The molecule has 122 valence electrons. The molecule has 0 aromatic heterocycles. The van der Waals surface area contributed by atoms with E-state index in [4.69, 9.17) is 10.00 Å². The van der Waals surface area contributed by atoms with Crippen LogP contribution in [-0.4, -0.2) is 18.9 Å². The minimum Gasteiger partial charge on any atom is -0.363 e. The van der Waals surface area contributed by atoms with Gasteiger partial charge in [-0.2, -0.15) is 31.6 Å². The first-order chi connectivity index (χ1) is 10.0. The fourth-order valence-corrected chi connectivity index (χ4v) is 1.89. The van der Waals surface area contributed by atoms with Gasteiger partial charge in [0.25, 0.3) is 0 Å². The molecule has 0 aliphatic heterocycles. The molecule has 0 aliphatic rings. The molecule has 0 saturated heterocycles. The maximum Gasteiger partial charge on any atom is 0.416 e. The smallest absolute Gasteiger partial charge is 0.363 e. The third kappa shape index (κ3) is 5.22. The normalized spacial score (nSPS) is 15.2. The Hall–Kier alpha value is -1.75. The van der Waals surface area contributed by atoms with Gasteiger partial charge in [-0.25, -0.2) is 0 Å². The average molecular weight is 325 g/mol. The number of ether oxygens (including phenoxy) is 1. The summed E-state index contributed by atoms with van der Waals surface area (Å²) in [4.78, 5) is 0. The molecular formula is C14H13F6NO. The van der Waals surface area contributed by atoms with Crippen LogP contribution in [0, 0.1) is 11.3 Å². The Balaban J connectivity index is 2.90. The van der Waals surface area contributed by atoms with Crippen molar-refractivity contribution in [1.82, 2.24) is 0 Å². The topological polar surface area (TPSA) is 33.0 Å². The van der Waals surface area contributed by atoms with Crippen molar-refractivity contribution in [1.29, 1.82) is 5.26 Å². The predicted molar refractivity (Wildman–Crippen MR) is 65.8 cm³/mol. The molecular weight excluding hydrogens is 312 g/mol. The Morgan fingerprint density at radius 1 is 1.00 bits per heavy atom. The molecule has 0 heterocycles. The molecule has 1 atom stereocenters. The van der Waals surface area contributed by atoms with Crippen molar-refractivity contribution in [3.63, 3.8) is 0 Å². The Labute approximate surface area is 123 Å². The van der Waals surface area contributed by atoms with Gasteiger partial charge in [-0.3, -0.25) is 0 Å². The zero-order valence-corrected chi connectivity index (χ0v) is 11.6. The fourth-order valence-electron chi connectivity index (χ4n) is 1.89. The van der Waals surface area contributed by atoms with E-state index in [-0.39, 0.29) is 6.42 Å². The van der Waals surface area contributed by atoms with Gasteiger partial charge in [-0.1, -0.05) is 12.1 Å². The van der Waals surface area contributed by atoms with Crippen LogP contribution in [0.25, 0.3) is 0 Å². The fraction of sp³-hybridized carbons (Fsp3) is 0.500. The highest BCUT2D eigenvalue weighted by Gasteiger charge is 2.37. The first kappa shape index (κ1) is 18.3.